The molecule has 0 saturated heterocycles. The van der Waals surface area contributed by atoms with E-state index in [2.05, 4.69) is 53.2 Å². The Hall–Kier alpha value is -6.32. The van der Waals surface area contributed by atoms with Crippen molar-refractivity contribution in [1.82, 2.24) is 53.2 Å². The van der Waals surface area contributed by atoms with Crippen LogP contribution in [0.5, 0.6) is 0 Å². The van der Waals surface area contributed by atoms with Gasteiger partial charge < -0.3 is 86.9 Å². The van der Waals surface area contributed by atoms with E-state index in [0.717, 1.165) is 0 Å². The van der Waals surface area contributed by atoms with Crippen molar-refractivity contribution in [3.05, 3.63) is 35.9 Å². The molecular weight excluding hydrogens is 963 g/mol. The van der Waals surface area contributed by atoms with Gasteiger partial charge in [0.15, 0.2) is 0 Å². The van der Waals surface area contributed by atoms with Gasteiger partial charge in [-0.3, -0.25) is 47.9 Å². The smallest absolute Gasteiger partial charge is 0.245 e. The molecular formula is C48H85N15O11. The summed E-state index contributed by atoms with van der Waals surface area (Å²) in [5, 5.41) is 35.5. The number of hydrogen-bond acceptors (Lipinski definition) is 16. The van der Waals surface area contributed by atoms with Crippen molar-refractivity contribution in [2.75, 3.05) is 45.8 Å². The molecule has 0 radical (unpaired) electrons. The van der Waals surface area contributed by atoms with Crippen molar-refractivity contribution in [1.29, 1.82) is 0 Å². The van der Waals surface area contributed by atoms with Gasteiger partial charge in [-0.1, -0.05) is 58.0 Å². The standard InChI is InChI=1S/C48H85N15O11/c1-7-54-48(74)41(29(6)64)63-45(71)35(16-20-52)59-44(70)34(15-19-51)60-46(72)36(22-28(4)5)61-47(73)37(23-30-11-9-8-10-12-30)62-43(69)33(14-18-50)58-40(67)26-56-42(68)32(13-17-49)57-39(66)25-55-38(65)24-31(53)21-27(2)3/h8-12,27-29,31-37,41,64H,7,13-26,49-53H2,1-6H3,(H,54,74)(H,55,65)(H,56,68)(H,57,66)(H,58,67)(H,59,70)(H,60,72)(H,61,73)(H,62,69)(H,63,71)/t29?,31-,32-,33-,34-,35-,36-,37+,41?/m0/s1. The molecule has 0 aliphatic heterocycles. The predicted molar refractivity (Wildman–Crippen MR) is 276 cm³/mol. The average molecular weight is 1050 g/mol. The van der Waals surface area contributed by atoms with Gasteiger partial charge in [0.25, 0.3) is 0 Å². The zero-order valence-corrected chi connectivity index (χ0v) is 43.8. The molecule has 1 rings (SSSR count). The summed E-state index contributed by atoms with van der Waals surface area (Å²) in [6, 6.07) is -0.805. The highest BCUT2D eigenvalue weighted by Gasteiger charge is 2.34. The number of hydrogen-bond donors (Lipinski definition) is 16. The summed E-state index contributed by atoms with van der Waals surface area (Å²) < 4.78 is 0. The Bertz CT molecular complexity index is 1960. The minimum absolute atomic E-state index is 0.0100. The number of nitrogens with two attached hydrogens (primary N) is 5. The van der Waals surface area contributed by atoms with Crippen LogP contribution in [0.25, 0.3) is 0 Å². The number of aliphatic hydroxyl groups excluding tert-OH is 1. The third-order valence-corrected chi connectivity index (χ3v) is 11.2. The van der Waals surface area contributed by atoms with Crippen LogP contribution in [0.4, 0.5) is 0 Å². The minimum Gasteiger partial charge on any atom is -0.391 e. The molecule has 0 spiro atoms. The van der Waals surface area contributed by atoms with Gasteiger partial charge in [0.05, 0.1) is 19.2 Å². The lowest BCUT2D eigenvalue weighted by atomic mass is 10.00. The first-order valence-electron chi connectivity index (χ1n) is 25.2. The number of benzene rings is 1. The van der Waals surface area contributed by atoms with Crippen LogP contribution in [-0.4, -0.2) is 164 Å². The lowest BCUT2D eigenvalue weighted by molar-refractivity contribution is -0.136. The van der Waals surface area contributed by atoms with Gasteiger partial charge in [0.2, 0.25) is 59.1 Å². The van der Waals surface area contributed by atoms with E-state index >= 15 is 0 Å². The maximum atomic E-state index is 14.2. The molecule has 0 aromatic heterocycles. The SMILES string of the molecule is CCNC(=O)C(NC(=O)[C@H](CCN)NC(=O)[C@H](CCN)NC(=O)[C@H](CC(C)C)NC(=O)[C@@H](Cc1ccccc1)NC(=O)[C@H](CCN)NC(=O)CNC(=O)[C@H](CCN)NC(=O)CNC(=O)C[C@@H](N)CC(C)C)C(C)O. The summed E-state index contributed by atoms with van der Waals surface area (Å²) in [5.74, 6) is -7.31. The zero-order valence-electron chi connectivity index (χ0n) is 43.8. The van der Waals surface area contributed by atoms with Crippen molar-refractivity contribution in [2.24, 2.45) is 40.5 Å². The van der Waals surface area contributed by atoms with Gasteiger partial charge in [0, 0.05) is 25.4 Å². The van der Waals surface area contributed by atoms with Gasteiger partial charge in [-0.25, -0.2) is 0 Å². The van der Waals surface area contributed by atoms with Crippen LogP contribution in [0, 0.1) is 11.8 Å². The van der Waals surface area contributed by atoms with Crippen LogP contribution in [0.2, 0.25) is 0 Å². The highest BCUT2D eigenvalue weighted by Crippen LogP contribution is 2.11. The Labute approximate surface area is 433 Å². The fourth-order valence-corrected chi connectivity index (χ4v) is 7.50. The van der Waals surface area contributed by atoms with E-state index in [1.54, 1.807) is 51.1 Å². The van der Waals surface area contributed by atoms with Gasteiger partial charge in [0.1, 0.15) is 42.3 Å². The minimum atomic E-state index is -1.34. The van der Waals surface area contributed by atoms with E-state index in [1.165, 1.54) is 6.92 Å². The highest BCUT2D eigenvalue weighted by atomic mass is 16.3. The number of nitrogens with one attached hydrogen (secondary N) is 10. The zero-order chi connectivity index (χ0) is 55.9. The summed E-state index contributed by atoms with van der Waals surface area (Å²) >= 11 is 0. The maximum absolute atomic E-state index is 14.2. The van der Waals surface area contributed by atoms with Crippen LogP contribution in [0.15, 0.2) is 30.3 Å². The molecule has 0 fully saturated rings. The predicted octanol–water partition coefficient (Wildman–Crippen LogP) is -5.42. The van der Waals surface area contributed by atoms with E-state index in [0.29, 0.717) is 12.0 Å². The monoisotopic (exact) mass is 1050 g/mol. The first-order chi connectivity index (χ1) is 35.0. The summed E-state index contributed by atoms with van der Waals surface area (Å²) in [6.45, 7) is 9.40. The van der Waals surface area contributed by atoms with E-state index in [4.69, 9.17) is 28.7 Å². The fraction of sp³-hybridized carbons (Fsp3) is 0.667. The van der Waals surface area contributed by atoms with Crippen LogP contribution in [0.3, 0.4) is 0 Å². The summed E-state index contributed by atoms with van der Waals surface area (Å²) in [4.78, 5) is 133. The molecule has 21 N–H and O–H groups in total. The first kappa shape index (κ1) is 65.7. The lowest BCUT2D eigenvalue weighted by Gasteiger charge is -2.28. The fourth-order valence-electron chi connectivity index (χ4n) is 7.50. The van der Waals surface area contributed by atoms with Gasteiger partial charge >= 0.3 is 0 Å². The molecule has 0 aliphatic rings. The third-order valence-electron chi connectivity index (χ3n) is 11.2. The number of carbonyl (C=O) groups is 10. The van der Waals surface area contributed by atoms with Gasteiger partial charge in [-0.15, -0.1) is 0 Å². The van der Waals surface area contributed by atoms with Crippen LogP contribution in [-0.2, 0) is 54.4 Å². The molecule has 0 bridgehead atoms. The second-order valence-electron chi connectivity index (χ2n) is 18.8. The Balaban J connectivity index is 3.23. The lowest BCUT2D eigenvalue weighted by Crippen LogP contribution is -2.61. The second-order valence-corrected chi connectivity index (χ2v) is 18.8. The largest absolute Gasteiger partial charge is 0.391 e. The first-order valence-corrected chi connectivity index (χ1v) is 25.2. The molecule has 0 aliphatic carbocycles. The Morgan fingerprint density at radius 2 is 0.878 bits per heavy atom. The molecule has 0 heterocycles. The Kier molecular flexibility index (Phi) is 31.8. The molecule has 26 nitrogen and oxygen atoms in total. The van der Waals surface area contributed by atoms with Gasteiger partial charge in [-0.05, 0) is 96.0 Å². The van der Waals surface area contributed by atoms with E-state index in [1.807, 2.05) is 13.8 Å². The molecule has 1 aromatic carbocycles. The molecule has 1 aromatic rings. The van der Waals surface area contributed by atoms with E-state index in [9.17, 15) is 53.1 Å². The van der Waals surface area contributed by atoms with Crippen LogP contribution in [0.1, 0.15) is 92.1 Å². The summed E-state index contributed by atoms with van der Waals surface area (Å²) in [7, 11) is 0. The second kappa shape index (κ2) is 35.8. The third kappa shape index (κ3) is 26.1. The van der Waals surface area contributed by atoms with Crippen molar-refractivity contribution in [3.8, 4) is 0 Å². The summed E-state index contributed by atoms with van der Waals surface area (Å²) in [6.07, 6.45) is -0.960. The van der Waals surface area contributed by atoms with Crippen molar-refractivity contribution >= 4 is 59.1 Å². The molecule has 2 unspecified atom stereocenters. The average Bonchev–Trinajstić information content (AvgIpc) is 3.32. The number of aliphatic hydroxyl groups is 1. The normalized spacial score (nSPS) is 14.8. The van der Waals surface area contributed by atoms with Crippen molar-refractivity contribution in [2.45, 2.75) is 147 Å². The summed E-state index contributed by atoms with van der Waals surface area (Å²) in [5.41, 5.74) is 29.7. The number of rotatable bonds is 36. The molecule has 0 saturated carbocycles. The van der Waals surface area contributed by atoms with Crippen LogP contribution < -0.4 is 81.8 Å². The Morgan fingerprint density at radius 3 is 1.34 bits per heavy atom. The van der Waals surface area contributed by atoms with Crippen molar-refractivity contribution in [3.63, 3.8) is 0 Å². The molecule has 10 amide bonds. The molecule has 9 atom stereocenters. The number of carbonyl (C=O) groups excluding carboxylic acids is 10. The number of likely N-dealkylation sites (N-methyl/N-ethyl adjacent to an activating group) is 1. The topological polar surface area (TPSA) is 441 Å². The van der Waals surface area contributed by atoms with Crippen LogP contribution >= 0.6 is 0 Å². The maximum Gasteiger partial charge on any atom is 0.245 e. The highest BCUT2D eigenvalue weighted by molar-refractivity contribution is 5.98. The molecule has 418 valence electrons. The molecule has 74 heavy (non-hydrogen) atoms. The Morgan fingerprint density at radius 1 is 0.473 bits per heavy atom. The van der Waals surface area contributed by atoms with Crippen molar-refractivity contribution < 1.29 is 53.1 Å². The quantitative estimate of drug-likeness (QED) is 0.0298. The molecule has 26 heteroatoms. The number of amides is 10. The van der Waals surface area contributed by atoms with E-state index < -0.39 is 127 Å². The van der Waals surface area contributed by atoms with E-state index in [-0.39, 0.29) is 89.5 Å². The van der Waals surface area contributed by atoms with Gasteiger partial charge in [-0.2, -0.15) is 0 Å².